The van der Waals surface area contributed by atoms with E-state index in [9.17, 15) is 0 Å². The molecule has 1 nitrogen and oxygen atoms in total. The first-order valence-electron chi connectivity index (χ1n) is 5.23. The monoisotopic (exact) mass is 185 g/mol. The fourth-order valence-electron chi connectivity index (χ4n) is 1.99. The van der Waals surface area contributed by atoms with E-state index in [0.29, 0.717) is 6.04 Å². The maximum Gasteiger partial charge on any atom is 0.0199 e. The first-order chi connectivity index (χ1) is 5.86. The van der Waals surface area contributed by atoms with Crippen LogP contribution in [0, 0.1) is 5.92 Å². The molecule has 0 aromatic rings. The molecule has 1 saturated carbocycles. The number of thioether (sulfide) groups is 1. The Labute approximate surface area is 79.5 Å². The molecule has 0 bridgehead atoms. The molecule has 0 aromatic carbocycles. The maximum atomic E-state index is 6.17. The van der Waals surface area contributed by atoms with Gasteiger partial charge >= 0.3 is 0 Å². The van der Waals surface area contributed by atoms with Gasteiger partial charge in [-0.05, 0) is 30.9 Å². The van der Waals surface area contributed by atoms with Crippen molar-refractivity contribution in [3.63, 3.8) is 0 Å². The number of nitrogens with two attached hydrogens (primary N) is 1. The number of rotatable bonds is 3. The van der Waals surface area contributed by atoms with Crippen LogP contribution in [0.3, 0.4) is 0 Å². The highest BCUT2D eigenvalue weighted by Gasteiger charge is 2.28. The second-order valence-corrected chi connectivity index (χ2v) is 5.60. The summed E-state index contributed by atoms with van der Waals surface area (Å²) in [5.41, 5.74) is 6.17. The molecule has 2 fully saturated rings. The molecular formula is C10H19NS. The summed E-state index contributed by atoms with van der Waals surface area (Å²) < 4.78 is 0. The largest absolute Gasteiger partial charge is 0.327 e. The van der Waals surface area contributed by atoms with Crippen LogP contribution in [0.4, 0.5) is 0 Å². The molecule has 1 aliphatic heterocycles. The van der Waals surface area contributed by atoms with Gasteiger partial charge in [0.05, 0.1) is 0 Å². The SMILES string of the molecule is NC(CC1CC1)C1CCCCS1. The van der Waals surface area contributed by atoms with E-state index in [-0.39, 0.29) is 0 Å². The highest BCUT2D eigenvalue weighted by molar-refractivity contribution is 8.00. The smallest absolute Gasteiger partial charge is 0.0199 e. The molecule has 2 unspecified atom stereocenters. The quantitative estimate of drug-likeness (QED) is 0.730. The first-order valence-corrected chi connectivity index (χ1v) is 6.28. The zero-order valence-corrected chi connectivity index (χ0v) is 8.48. The van der Waals surface area contributed by atoms with Gasteiger partial charge in [-0.3, -0.25) is 0 Å². The zero-order chi connectivity index (χ0) is 8.39. The van der Waals surface area contributed by atoms with Gasteiger partial charge in [0.15, 0.2) is 0 Å². The van der Waals surface area contributed by atoms with E-state index in [1.54, 1.807) is 0 Å². The molecule has 1 saturated heterocycles. The van der Waals surface area contributed by atoms with Crippen molar-refractivity contribution < 1.29 is 0 Å². The average Bonchev–Trinajstić information content (AvgIpc) is 2.90. The van der Waals surface area contributed by atoms with Gasteiger partial charge in [-0.25, -0.2) is 0 Å². The summed E-state index contributed by atoms with van der Waals surface area (Å²) in [6, 6.07) is 0.503. The van der Waals surface area contributed by atoms with Gasteiger partial charge in [-0.1, -0.05) is 19.3 Å². The topological polar surface area (TPSA) is 26.0 Å². The number of hydrogen-bond acceptors (Lipinski definition) is 2. The Morgan fingerprint density at radius 3 is 2.67 bits per heavy atom. The van der Waals surface area contributed by atoms with Crippen LogP contribution >= 0.6 is 11.8 Å². The molecule has 1 heterocycles. The van der Waals surface area contributed by atoms with Crippen LogP contribution in [-0.4, -0.2) is 17.0 Å². The van der Waals surface area contributed by atoms with Gasteiger partial charge in [-0.15, -0.1) is 0 Å². The van der Waals surface area contributed by atoms with Crippen LogP contribution in [0.25, 0.3) is 0 Å². The summed E-state index contributed by atoms with van der Waals surface area (Å²) in [6.07, 6.45) is 8.40. The van der Waals surface area contributed by atoms with Crippen molar-refractivity contribution >= 4 is 11.8 Å². The third-order valence-corrected chi connectivity index (χ3v) is 4.53. The molecule has 0 radical (unpaired) electrons. The Morgan fingerprint density at radius 1 is 1.25 bits per heavy atom. The summed E-state index contributed by atoms with van der Waals surface area (Å²) in [5, 5.41) is 0.791. The minimum absolute atomic E-state index is 0.503. The van der Waals surface area contributed by atoms with E-state index in [4.69, 9.17) is 5.73 Å². The molecule has 2 rings (SSSR count). The molecule has 70 valence electrons. The van der Waals surface area contributed by atoms with Crippen LogP contribution in [0.15, 0.2) is 0 Å². The van der Waals surface area contributed by atoms with Gasteiger partial charge in [0.1, 0.15) is 0 Å². The standard InChI is InChI=1S/C10H19NS/c11-9(7-8-4-5-8)10-3-1-2-6-12-10/h8-10H,1-7,11H2. The van der Waals surface area contributed by atoms with Gasteiger partial charge in [0.25, 0.3) is 0 Å². The van der Waals surface area contributed by atoms with Gasteiger partial charge in [0, 0.05) is 11.3 Å². The van der Waals surface area contributed by atoms with Crippen LogP contribution in [0.5, 0.6) is 0 Å². The van der Waals surface area contributed by atoms with Gasteiger partial charge in [0.2, 0.25) is 0 Å². The van der Waals surface area contributed by atoms with E-state index >= 15 is 0 Å². The third kappa shape index (κ3) is 2.40. The second kappa shape index (κ2) is 4.01. The molecular weight excluding hydrogens is 166 g/mol. The Bertz CT molecular complexity index is 139. The predicted molar refractivity (Wildman–Crippen MR) is 55.4 cm³/mol. The average molecular weight is 185 g/mol. The minimum atomic E-state index is 0.503. The molecule has 2 N–H and O–H groups in total. The van der Waals surface area contributed by atoms with E-state index in [2.05, 4.69) is 11.8 Å². The Morgan fingerprint density at radius 2 is 2.08 bits per heavy atom. The van der Waals surface area contributed by atoms with Crippen molar-refractivity contribution in [1.29, 1.82) is 0 Å². The number of hydrogen-bond donors (Lipinski definition) is 1. The van der Waals surface area contributed by atoms with Crippen molar-refractivity contribution in [3.8, 4) is 0 Å². The van der Waals surface area contributed by atoms with E-state index in [1.807, 2.05) is 0 Å². The van der Waals surface area contributed by atoms with Crippen LogP contribution < -0.4 is 5.73 Å². The molecule has 2 atom stereocenters. The molecule has 0 amide bonds. The summed E-state index contributed by atoms with van der Waals surface area (Å²) in [6.45, 7) is 0. The molecule has 12 heavy (non-hydrogen) atoms. The normalized spacial score (nSPS) is 33.2. The lowest BCUT2D eigenvalue weighted by molar-refractivity contribution is 0.508. The second-order valence-electron chi connectivity index (χ2n) is 4.25. The van der Waals surface area contributed by atoms with Crippen LogP contribution in [-0.2, 0) is 0 Å². The highest BCUT2D eigenvalue weighted by Crippen LogP contribution is 2.37. The van der Waals surface area contributed by atoms with Crippen molar-refractivity contribution in [3.05, 3.63) is 0 Å². The summed E-state index contributed by atoms with van der Waals surface area (Å²) in [4.78, 5) is 0. The highest BCUT2D eigenvalue weighted by atomic mass is 32.2. The molecule has 0 aromatic heterocycles. The van der Waals surface area contributed by atoms with Crippen molar-refractivity contribution in [1.82, 2.24) is 0 Å². The first kappa shape index (κ1) is 8.89. The van der Waals surface area contributed by atoms with E-state index in [1.165, 1.54) is 44.3 Å². The lowest BCUT2D eigenvalue weighted by atomic mass is 10.0. The van der Waals surface area contributed by atoms with E-state index < -0.39 is 0 Å². The molecule has 2 aliphatic rings. The molecule has 2 heteroatoms. The van der Waals surface area contributed by atoms with Gasteiger partial charge < -0.3 is 5.73 Å². The molecule has 1 aliphatic carbocycles. The van der Waals surface area contributed by atoms with Crippen LogP contribution in [0.2, 0.25) is 0 Å². The van der Waals surface area contributed by atoms with Gasteiger partial charge in [-0.2, -0.15) is 11.8 Å². The van der Waals surface area contributed by atoms with Crippen molar-refractivity contribution in [2.75, 3.05) is 5.75 Å². The maximum absolute atomic E-state index is 6.17. The van der Waals surface area contributed by atoms with Crippen molar-refractivity contribution in [2.24, 2.45) is 11.7 Å². The Kier molecular flexibility index (Phi) is 2.97. The zero-order valence-electron chi connectivity index (χ0n) is 7.67. The Hall–Kier alpha value is 0.310. The Balaban J connectivity index is 1.72. The fourth-order valence-corrected chi connectivity index (χ4v) is 3.36. The summed E-state index contributed by atoms with van der Waals surface area (Å²) in [7, 11) is 0. The lowest BCUT2D eigenvalue weighted by Gasteiger charge is -2.26. The molecule has 0 spiro atoms. The third-order valence-electron chi connectivity index (χ3n) is 2.99. The van der Waals surface area contributed by atoms with Crippen LogP contribution in [0.1, 0.15) is 38.5 Å². The predicted octanol–water partition coefficient (Wildman–Crippen LogP) is 2.40. The minimum Gasteiger partial charge on any atom is -0.327 e. The summed E-state index contributed by atoms with van der Waals surface area (Å²) >= 11 is 2.12. The van der Waals surface area contributed by atoms with Crippen molar-refractivity contribution in [2.45, 2.75) is 49.8 Å². The summed E-state index contributed by atoms with van der Waals surface area (Å²) in [5.74, 6) is 2.35. The van der Waals surface area contributed by atoms with E-state index in [0.717, 1.165) is 11.2 Å². The fraction of sp³-hybridized carbons (Fsp3) is 1.00. The lowest BCUT2D eigenvalue weighted by Crippen LogP contribution is -2.34.